The highest BCUT2D eigenvalue weighted by Crippen LogP contribution is 2.32. The van der Waals surface area contributed by atoms with Crippen molar-refractivity contribution in [2.45, 2.75) is 44.4 Å². The quantitative estimate of drug-likeness (QED) is 0.784. The van der Waals surface area contributed by atoms with E-state index in [-0.39, 0.29) is 18.4 Å². The number of rotatable bonds is 7. The molecule has 1 aliphatic heterocycles. The summed E-state index contributed by atoms with van der Waals surface area (Å²) in [6.45, 7) is 3.54. The minimum atomic E-state index is 0.163. The van der Waals surface area contributed by atoms with Crippen LogP contribution in [0, 0.1) is 11.8 Å². The molecule has 1 aromatic rings. The van der Waals surface area contributed by atoms with Crippen LogP contribution in [0.1, 0.15) is 50.0 Å². The first kappa shape index (κ1) is 18.4. The van der Waals surface area contributed by atoms with Gasteiger partial charge in [-0.15, -0.1) is 0 Å². The molecule has 1 aromatic heterocycles. The number of likely N-dealkylation sites (tertiary alicyclic amines) is 1. The van der Waals surface area contributed by atoms with E-state index in [1.54, 1.807) is 0 Å². The van der Waals surface area contributed by atoms with Gasteiger partial charge < -0.3 is 15.3 Å². The molecule has 2 N–H and O–H groups in total. The van der Waals surface area contributed by atoms with Gasteiger partial charge in [0.25, 0.3) is 0 Å². The van der Waals surface area contributed by atoms with Gasteiger partial charge in [0.15, 0.2) is 0 Å². The fourth-order valence-corrected chi connectivity index (χ4v) is 4.33. The highest BCUT2D eigenvalue weighted by Gasteiger charge is 2.34. The van der Waals surface area contributed by atoms with Crippen molar-refractivity contribution in [2.75, 3.05) is 32.8 Å². The maximum atomic E-state index is 12.1. The zero-order valence-electron chi connectivity index (χ0n) is 15.4. The molecule has 3 rings (SSSR count). The summed E-state index contributed by atoms with van der Waals surface area (Å²) in [7, 11) is 1.92. The van der Waals surface area contributed by atoms with Gasteiger partial charge in [0.2, 0.25) is 5.91 Å². The Morgan fingerprint density at radius 3 is 2.80 bits per heavy atom. The van der Waals surface area contributed by atoms with E-state index in [0.717, 1.165) is 26.2 Å². The van der Waals surface area contributed by atoms with Gasteiger partial charge in [-0.1, -0.05) is 19.3 Å². The summed E-state index contributed by atoms with van der Waals surface area (Å²) >= 11 is 0. The first-order chi connectivity index (χ1) is 12.2. The normalized spacial score (nSPS) is 25.4. The fourth-order valence-electron chi connectivity index (χ4n) is 4.33. The largest absolute Gasteiger partial charge is 0.396 e. The van der Waals surface area contributed by atoms with Gasteiger partial charge in [-0.25, -0.2) is 0 Å². The number of hydrogen-bond acceptors (Lipinski definition) is 4. The van der Waals surface area contributed by atoms with E-state index in [2.05, 4.69) is 15.3 Å². The van der Waals surface area contributed by atoms with Crippen LogP contribution in [0.25, 0.3) is 0 Å². The SMILES string of the molecule is Cn1cc([C@@H]2CN(CCC(=O)NCC3CCCCC3)C[C@H]2CO)cn1. The number of carbonyl (C=O) groups excluding carboxylic acids is 1. The average molecular weight is 348 g/mol. The Labute approximate surface area is 150 Å². The highest BCUT2D eigenvalue weighted by molar-refractivity contribution is 5.76. The molecule has 140 valence electrons. The van der Waals surface area contributed by atoms with E-state index in [4.69, 9.17) is 0 Å². The van der Waals surface area contributed by atoms with Gasteiger partial charge in [-0.2, -0.15) is 5.10 Å². The zero-order chi connectivity index (χ0) is 17.6. The lowest BCUT2D eigenvalue weighted by Crippen LogP contribution is -2.33. The summed E-state index contributed by atoms with van der Waals surface area (Å²) < 4.78 is 1.81. The van der Waals surface area contributed by atoms with E-state index >= 15 is 0 Å². The standard InChI is InChI=1S/C19H32N4O2/c1-22-11-16(10-21-22)18-13-23(12-17(18)14-24)8-7-19(25)20-9-15-5-3-2-4-6-15/h10-11,15,17-18,24H,2-9,12-14H2,1H3,(H,20,25)/t17-,18-/m0/s1. The van der Waals surface area contributed by atoms with E-state index in [1.165, 1.54) is 37.7 Å². The number of carbonyl (C=O) groups is 1. The number of aliphatic hydroxyl groups excluding tert-OH is 1. The Bertz CT molecular complexity index is 553. The van der Waals surface area contributed by atoms with Crippen molar-refractivity contribution < 1.29 is 9.90 Å². The fraction of sp³-hybridized carbons (Fsp3) is 0.789. The van der Waals surface area contributed by atoms with E-state index < -0.39 is 0 Å². The molecule has 0 spiro atoms. The molecule has 2 fully saturated rings. The number of aromatic nitrogens is 2. The van der Waals surface area contributed by atoms with Crippen molar-refractivity contribution in [3.8, 4) is 0 Å². The lowest BCUT2D eigenvalue weighted by Gasteiger charge is -2.22. The molecule has 2 heterocycles. The van der Waals surface area contributed by atoms with Crippen molar-refractivity contribution in [1.29, 1.82) is 0 Å². The molecule has 1 amide bonds. The molecular formula is C19H32N4O2. The van der Waals surface area contributed by atoms with E-state index in [9.17, 15) is 9.90 Å². The van der Waals surface area contributed by atoms with Crippen molar-refractivity contribution in [2.24, 2.45) is 18.9 Å². The van der Waals surface area contributed by atoms with Crippen molar-refractivity contribution in [3.63, 3.8) is 0 Å². The van der Waals surface area contributed by atoms with Crippen molar-refractivity contribution >= 4 is 5.91 Å². The third kappa shape index (κ3) is 5.05. The Hall–Kier alpha value is -1.40. The predicted molar refractivity (Wildman–Crippen MR) is 97.2 cm³/mol. The Kier molecular flexibility index (Phi) is 6.48. The molecular weight excluding hydrogens is 316 g/mol. The van der Waals surface area contributed by atoms with Gasteiger partial charge in [0, 0.05) is 64.3 Å². The monoisotopic (exact) mass is 348 g/mol. The van der Waals surface area contributed by atoms with Crippen LogP contribution < -0.4 is 5.32 Å². The summed E-state index contributed by atoms with van der Waals surface area (Å²) in [5.41, 5.74) is 1.19. The minimum absolute atomic E-state index is 0.163. The smallest absolute Gasteiger partial charge is 0.221 e. The van der Waals surface area contributed by atoms with Crippen LogP contribution in [0.15, 0.2) is 12.4 Å². The lowest BCUT2D eigenvalue weighted by molar-refractivity contribution is -0.121. The predicted octanol–water partition coefficient (Wildman–Crippen LogP) is 1.51. The molecule has 2 atom stereocenters. The summed E-state index contributed by atoms with van der Waals surface area (Å²) in [6.07, 6.45) is 11.0. The van der Waals surface area contributed by atoms with Crippen molar-refractivity contribution in [1.82, 2.24) is 20.0 Å². The topological polar surface area (TPSA) is 70.4 Å². The highest BCUT2D eigenvalue weighted by atomic mass is 16.3. The maximum absolute atomic E-state index is 12.1. The molecule has 6 heteroatoms. The van der Waals surface area contributed by atoms with Crippen LogP contribution in [0.4, 0.5) is 0 Å². The minimum Gasteiger partial charge on any atom is -0.396 e. The number of aryl methyl sites for hydroxylation is 1. The molecule has 1 aliphatic carbocycles. The summed E-state index contributed by atoms with van der Waals surface area (Å²) in [5.74, 6) is 1.38. The number of amides is 1. The average Bonchev–Trinajstić information content (AvgIpc) is 3.24. The third-order valence-electron chi connectivity index (χ3n) is 5.87. The van der Waals surface area contributed by atoms with Gasteiger partial charge in [0.1, 0.15) is 0 Å². The third-order valence-corrected chi connectivity index (χ3v) is 5.87. The van der Waals surface area contributed by atoms with Gasteiger partial charge in [0.05, 0.1) is 6.20 Å². The van der Waals surface area contributed by atoms with Crippen LogP contribution in [-0.2, 0) is 11.8 Å². The van der Waals surface area contributed by atoms with Gasteiger partial charge >= 0.3 is 0 Å². The second-order valence-corrected chi connectivity index (χ2v) is 7.81. The molecule has 0 bridgehead atoms. The molecule has 0 unspecified atom stereocenters. The Morgan fingerprint density at radius 1 is 1.32 bits per heavy atom. The number of nitrogens with zero attached hydrogens (tertiary/aromatic N) is 3. The lowest BCUT2D eigenvalue weighted by atomic mass is 9.89. The molecule has 0 aromatic carbocycles. The number of hydrogen-bond donors (Lipinski definition) is 2. The van der Waals surface area contributed by atoms with Crippen molar-refractivity contribution in [3.05, 3.63) is 18.0 Å². The van der Waals surface area contributed by atoms with Crippen LogP contribution in [0.3, 0.4) is 0 Å². The van der Waals surface area contributed by atoms with Crippen LogP contribution in [-0.4, -0.2) is 58.5 Å². The molecule has 2 aliphatic rings. The summed E-state index contributed by atoms with van der Waals surface area (Å²) in [4.78, 5) is 14.5. The van der Waals surface area contributed by atoms with E-state index in [1.807, 2.05) is 24.1 Å². The Balaban J connectivity index is 1.41. The zero-order valence-corrected chi connectivity index (χ0v) is 15.4. The molecule has 1 saturated heterocycles. The second-order valence-electron chi connectivity index (χ2n) is 7.81. The van der Waals surface area contributed by atoms with Gasteiger partial charge in [-0.3, -0.25) is 9.48 Å². The van der Waals surface area contributed by atoms with E-state index in [0.29, 0.717) is 18.3 Å². The number of nitrogens with one attached hydrogen (secondary N) is 1. The van der Waals surface area contributed by atoms with Crippen LogP contribution in [0.5, 0.6) is 0 Å². The summed E-state index contributed by atoms with van der Waals surface area (Å²) in [5, 5.41) is 17.1. The molecule has 0 radical (unpaired) electrons. The van der Waals surface area contributed by atoms with Crippen LogP contribution >= 0.6 is 0 Å². The maximum Gasteiger partial charge on any atom is 0.221 e. The number of aliphatic hydroxyl groups is 1. The summed E-state index contributed by atoms with van der Waals surface area (Å²) in [6, 6.07) is 0. The molecule has 25 heavy (non-hydrogen) atoms. The van der Waals surface area contributed by atoms with Gasteiger partial charge in [-0.05, 0) is 24.3 Å². The first-order valence-corrected chi connectivity index (χ1v) is 9.74. The molecule has 6 nitrogen and oxygen atoms in total. The first-order valence-electron chi connectivity index (χ1n) is 9.74. The Morgan fingerprint density at radius 2 is 2.12 bits per heavy atom. The van der Waals surface area contributed by atoms with Crippen LogP contribution in [0.2, 0.25) is 0 Å². The second kappa shape index (κ2) is 8.81. The molecule has 1 saturated carbocycles.